The van der Waals surface area contributed by atoms with Crippen LogP contribution in [0.4, 0.5) is 0 Å². The summed E-state index contributed by atoms with van der Waals surface area (Å²) in [5.74, 6) is 1.51. The maximum absolute atomic E-state index is 5.90. The third kappa shape index (κ3) is 3.17. The zero-order chi connectivity index (χ0) is 13.1. The molecule has 0 spiro atoms. The molecule has 0 radical (unpaired) electrons. The minimum absolute atomic E-state index is 0.148. The maximum Gasteiger partial charge on any atom is 0.183 e. The van der Waals surface area contributed by atoms with Gasteiger partial charge in [0.1, 0.15) is 5.76 Å². The fourth-order valence-electron chi connectivity index (χ4n) is 2.49. The van der Waals surface area contributed by atoms with Crippen LogP contribution in [0.3, 0.4) is 0 Å². The quantitative estimate of drug-likeness (QED) is 0.851. The van der Waals surface area contributed by atoms with E-state index in [1.165, 1.54) is 0 Å². The molecule has 102 valence electrons. The highest BCUT2D eigenvalue weighted by molar-refractivity contribution is 9.13. The third-order valence-corrected chi connectivity index (χ3v) is 5.09. The highest BCUT2D eigenvalue weighted by atomic mass is 79.9. The highest BCUT2D eigenvalue weighted by Crippen LogP contribution is 2.34. The zero-order valence-corrected chi connectivity index (χ0v) is 13.5. The number of likely N-dealkylation sites (tertiary alicyclic amines) is 1. The standard InChI is InChI=1S/C12H18Br2N2O2/c1-17-7-8-2-3-16(6-8)10(5-15)11-4-9(13)12(14)18-11/h4,8,10H,2-3,5-7,15H2,1H3. The molecule has 2 N–H and O–H groups in total. The summed E-state index contributed by atoms with van der Waals surface area (Å²) in [6.45, 7) is 3.45. The fraction of sp³-hybridized carbons (Fsp3) is 0.667. The molecule has 1 aromatic heterocycles. The lowest BCUT2D eigenvalue weighted by atomic mass is 10.1. The average Bonchev–Trinajstić information content (AvgIpc) is 2.90. The molecule has 1 aliphatic heterocycles. The molecule has 4 nitrogen and oxygen atoms in total. The number of nitrogens with zero attached hydrogens (tertiary/aromatic N) is 1. The second-order valence-corrected chi connectivity index (χ2v) is 6.20. The second-order valence-electron chi connectivity index (χ2n) is 4.63. The molecule has 0 aromatic carbocycles. The summed E-state index contributed by atoms with van der Waals surface area (Å²) >= 11 is 6.80. The van der Waals surface area contributed by atoms with E-state index in [4.69, 9.17) is 14.9 Å². The van der Waals surface area contributed by atoms with Crippen molar-refractivity contribution in [1.29, 1.82) is 0 Å². The van der Waals surface area contributed by atoms with Gasteiger partial charge in [-0.05, 0) is 56.8 Å². The molecule has 0 saturated carbocycles. The minimum Gasteiger partial charge on any atom is -0.451 e. The summed E-state index contributed by atoms with van der Waals surface area (Å²) in [7, 11) is 1.75. The second kappa shape index (κ2) is 6.52. The van der Waals surface area contributed by atoms with Gasteiger partial charge in [0.15, 0.2) is 4.67 Å². The third-order valence-electron chi connectivity index (χ3n) is 3.38. The van der Waals surface area contributed by atoms with Gasteiger partial charge in [0.05, 0.1) is 17.1 Å². The normalized spacial score (nSPS) is 22.6. The van der Waals surface area contributed by atoms with E-state index in [1.54, 1.807) is 7.11 Å². The molecule has 18 heavy (non-hydrogen) atoms. The molecule has 2 atom stereocenters. The van der Waals surface area contributed by atoms with Gasteiger partial charge in [-0.3, -0.25) is 4.90 Å². The van der Waals surface area contributed by atoms with Gasteiger partial charge in [-0.1, -0.05) is 0 Å². The first-order valence-corrected chi connectivity index (χ1v) is 7.62. The number of rotatable bonds is 5. The van der Waals surface area contributed by atoms with Crippen molar-refractivity contribution in [1.82, 2.24) is 4.90 Å². The SMILES string of the molecule is COCC1CCN(C(CN)c2cc(Br)c(Br)o2)C1. The molecule has 2 unspecified atom stereocenters. The van der Waals surface area contributed by atoms with Gasteiger partial charge in [-0.2, -0.15) is 0 Å². The van der Waals surface area contributed by atoms with Gasteiger partial charge >= 0.3 is 0 Å². The van der Waals surface area contributed by atoms with Crippen LogP contribution in [0.2, 0.25) is 0 Å². The van der Waals surface area contributed by atoms with Gasteiger partial charge < -0.3 is 14.9 Å². The molecular formula is C12H18Br2N2O2. The monoisotopic (exact) mass is 380 g/mol. The lowest BCUT2D eigenvalue weighted by Gasteiger charge is -2.24. The van der Waals surface area contributed by atoms with E-state index in [0.717, 1.165) is 41.0 Å². The van der Waals surface area contributed by atoms with Crippen molar-refractivity contribution in [2.75, 3.05) is 33.4 Å². The minimum atomic E-state index is 0.148. The Kier molecular flexibility index (Phi) is 5.26. The molecule has 1 aliphatic rings. The summed E-state index contributed by atoms with van der Waals surface area (Å²) in [4.78, 5) is 2.38. The van der Waals surface area contributed by atoms with E-state index >= 15 is 0 Å². The maximum atomic E-state index is 5.90. The predicted octanol–water partition coefficient (Wildman–Crippen LogP) is 2.77. The molecule has 0 amide bonds. The van der Waals surface area contributed by atoms with E-state index in [2.05, 4.69) is 36.8 Å². The van der Waals surface area contributed by atoms with E-state index in [1.807, 2.05) is 6.07 Å². The van der Waals surface area contributed by atoms with Crippen molar-refractivity contribution in [2.24, 2.45) is 11.7 Å². The Morgan fingerprint density at radius 2 is 2.39 bits per heavy atom. The van der Waals surface area contributed by atoms with E-state index < -0.39 is 0 Å². The first-order chi connectivity index (χ1) is 8.65. The van der Waals surface area contributed by atoms with Crippen molar-refractivity contribution in [3.8, 4) is 0 Å². The van der Waals surface area contributed by atoms with Crippen molar-refractivity contribution in [2.45, 2.75) is 12.5 Å². The average molecular weight is 382 g/mol. The Morgan fingerprint density at radius 3 is 2.94 bits per heavy atom. The van der Waals surface area contributed by atoms with Gasteiger partial charge in [0.2, 0.25) is 0 Å². The van der Waals surface area contributed by atoms with Gasteiger partial charge in [0, 0.05) is 20.2 Å². The molecule has 1 saturated heterocycles. The summed E-state index contributed by atoms with van der Waals surface area (Å²) in [6.07, 6.45) is 1.16. The van der Waals surface area contributed by atoms with Crippen LogP contribution in [0.15, 0.2) is 19.6 Å². The number of halogens is 2. The first kappa shape index (κ1) is 14.5. The lowest BCUT2D eigenvalue weighted by molar-refractivity contribution is 0.144. The van der Waals surface area contributed by atoms with Crippen LogP contribution in [-0.4, -0.2) is 38.3 Å². The number of furan rings is 1. The molecule has 1 aromatic rings. The number of ether oxygens (including phenoxy) is 1. The van der Waals surface area contributed by atoms with Gasteiger partial charge in [-0.15, -0.1) is 0 Å². The van der Waals surface area contributed by atoms with E-state index in [9.17, 15) is 0 Å². The van der Waals surface area contributed by atoms with Crippen LogP contribution in [0, 0.1) is 5.92 Å². The molecule has 6 heteroatoms. The molecule has 0 bridgehead atoms. The Balaban J connectivity index is 2.05. The Hall–Kier alpha value is 0.120. The Bertz CT molecular complexity index is 378. The smallest absolute Gasteiger partial charge is 0.183 e. The summed E-state index contributed by atoms with van der Waals surface area (Å²) in [5.41, 5.74) is 5.90. The highest BCUT2D eigenvalue weighted by Gasteiger charge is 2.30. The van der Waals surface area contributed by atoms with Crippen molar-refractivity contribution >= 4 is 31.9 Å². The predicted molar refractivity (Wildman–Crippen MR) is 77.5 cm³/mol. The van der Waals surface area contributed by atoms with Crippen LogP contribution in [0.25, 0.3) is 0 Å². The van der Waals surface area contributed by atoms with E-state index in [0.29, 0.717) is 12.5 Å². The first-order valence-electron chi connectivity index (χ1n) is 6.03. The lowest BCUT2D eigenvalue weighted by Crippen LogP contribution is -2.32. The zero-order valence-electron chi connectivity index (χ0n) is 10.4. The number of methoxy groups -OCH3 is 1. The Morgan fingerprint density at radius 1 is 1.61 bits per heavy atom. The van der Waals surface area contributed by atoms with Crippen LogP contribution in [0.5, 0.6) is 0 Å². The van der Waals surface area contributed by atoms with Crippen LogP contribution in [0.1, 0.15) is 18.2 Å². The molecule has 2 heterocycles. The molecule has 0 aliphatic carbocycles. The summed E-state index contributed by atoms with van der Waals surface area (Å²) < 4.78 is 12.6. The summed E-state index contributed by atoms with van der Waals surface area (Å²) in [6, 6.07) is 2.14. The molecular weight excluding hydrogens is 364 g/mol. The number of hydrogen-bond donors (Lipinski definition) is 1. The van der Waals surface area contributed by atoms with Crippen LogP contribution in [-0.2, 0) is 4.74 Å². The molecule has 1 fully saturated rings. The van der Waals surface area contributed by atoms with Crippen molar-refractivity contribution in [3.63, 3.8) is 0 Å². The van der Waals surface area contributed by atoms with Crippen LogP contribution >= 0.6 is 31.9 Å². The number of nitrogens with two attached hydrogens (primary N) is 1. The van der Waals surface area contributed by atoms with Gasteiger partial charge in [0.25, 0.3) is 0 Å². The topological polar surface area (TPSA) is 51.6 Å². The van der Waals surface area contributed by atoms with E-state index in [-0.39, 0.29) is 6.04 Å². The Labute approximate surface area is 124 Å². The molecule has 2 rings (SSSR count). The summed E-state index contributed by atoms with van der Waals surface area (Å²) in [5, 5.41) is 0. The largest absolute Gasteiger partial charge is 0.451 e. The number of hydrogen-bond acceptors (Lipinski definition) is 4. The van der Waals surface area contributed by atoms with Gasteiger partial charge in [-0.25, -0.2) is 0 Å². The van der Waals surface area contributed by atoms with Crippen LogP contribution < -0.4 is 5.73 Å². The van der Waals surface area contributed by atoms with Crippen molar-refractivity contribution in [3.05, 3.63) is 21.0 Å². The van der Waals surface area contributed by atoms with Crippen molar-refractivity contribution < 1.29 is 9.15 Å². The fourth-order valence-corrected chi connectivity index (χ4v) is 3.10.